The average molecular weight is 446 g/mol. The van der Waals surface area contributed by atoms with E-state index in [2.05, 4.69) is 32.1 Å². The van der Waals surface area contributed by atoms with E-state index in [9.17, 15) is 13.6 Å². The molecule has 4 rings (SSSR count). The van der Waals surface area contributed by atoms with Gasteiger partial charge in [0.25, 0.3) is 5.91 Å². The fraction of sp³-hybridized carbons (Fsp3) is 0.522. The second-order valence-electron chi connectivity index (χ2n) is 8.63. The fourth-order valence-corrected chi connectivity index (χ4v) is 4.21. The lowest BCUT2D eigenvalue weighted by Crippen LogP contribution is -2.45. The maximum Gasteiger partial charge on any atom is 0.254 e. The summed E-state index contributed by atoms with van der Waals surface area (Å²) in [6, 6.07) is 3.21. The predicted octanol–water partition coefficient (Wildman–Crippen LogP) is 2.94. The molecular weight excluding hydrogens is 416 g/mol. The molecule has 7 nitrogen and oxygen atoms in total. The number of hydrogen-bond acceptors (Lipinski definition) is 6. The summed E-state index contributed by atoms with van der Waals surface area (Å²) in [5.41, 5.74) is 1.15. The first-order valence-corrected chi connectivity index (χ1v) is 11.1. The number of nitrogens with zero attached hydrogens (tertiary/aromatic N) is 4. The molecule has 1 aromatic carbocycles. The number of piperazine rings is 1. The predicted molar refractivity (Wildman–Crippen MR) is 117 cm³/mol. The number of carbonyl (C=O) groups excluding carboxylic acids is 1. The van der Waals surface area contributed by atoms with Gasteiger partial charge in [-0.05, 0) is 39.7 Å². The lowest BCUT2D eigenvalue weighted by atomic mass is 9.92. The van der Waals surface area contributed by atoms with Gasteiger partial charge >= 0.3 is 0 Å². The normalized spacial score (nSPS) is 21.9. The van der Waals surface area contributed by atoms with Crippen LogP contribution in [0.2, 0.25) is 0 Å². The summed E-state index contributed by atoms with van der Waals surface area (Å²) in [6.45, 7) is 5.50. The van der Waals surface area contributed by atoms with Crippen molar-refractivity contribution < 1.29 is 18.3 Å². The van der Waals surface area contributed by atoms with Crippen LogP contribution in [0.4, 0.5) is 14.7 Å². The Morgan fingerprint density at radius 2 is 1.72 bits per heavy atom. The van der Waals surface area contributed by atoms with Crippen molar-refractivity contribution in [2.45, 2.75) is 44.8 Å². The molecule has 32 heavy (non-hydrogen) atoms. The van der Waals surface area contributed by atoms with Crippen molar-refractivity contribution in [2.24, 2.45) is 0 Å². The molecule has 1 aliphatic heterocycles. The van der Waals surface area contributed by atoms with Gasteiger partial charge in [-0.2, -0.15) is 0 Å². The van der Waals surface area contributed by atoms with Gasteiger partial charge in [0.2, 0.25) is 5.95 Å². The first kappa shape index (κ1) is 22.4. The minimum Gasteiger partial charge on any atom is -0.490 e. The second kappa shape index (κ2) is 9.77. The number of nitrogens with one attached hydrogen (secondary N) is 1. The molecule has 2 aromatic rings. The highest BCUT2D eigenvalue weighted by Gasteiger charge is 2.25. The highest BCUT2D eigenvalue weighted by Crippen LogP contribution is 2.25. The van der Waals surface area contributed by atoms with Crippen LogP contribution < -0.4 is 15.0 Å². The SMILES string of the molecule is Cc1nc(N2CCN(C)CC2)ncc1C(=O)NC1CCC(Oc2cc(F)cc(F)c2)CC1. The smallest absolute Gasteiger partial charge is 0.254 e. The van der Waals surface area contributed by atoms with E-state index in [1.807, 2.05) is 6.92 Å². The molecule has 0 radical (unpaired) electrons. The van der Waals surface area contributed by atoms with E-state index < -0.39 is 11.6 Å². The van der Waals surface area contributed by atoms with Crippen molar-refractivity contribution >= 4 is 11.9 Å². The van der Waals surface area contributed by atoms with Crippen molar-refractivity contribution in [1.29, 1.82) is 0 Å². The lowest BCUT2D eigenvalue weighted by molar-refractivity contribution is 0.0892. The Hall–Kier alpha value is -2.81. The largest absolute Gasteiger partial charge is 0.490 e. The highest BCUT2D eigenvalue weighted by molar-refractivity contribution is 5.95. The quantitative estimate of drug-likeness (QED) is 0.763. The summed E-state index contributed by atoms with van der Waals surface area (Å²) in [4.78, 5) is 26.2. The summed E-state index contributed by atoms with van der Waals surface area (Å²) >= 11 is 0. The number of rotatable bonds is 5. The molecule has 1 saturated carbocycles. The molecule has 1 amide bonds. The number of carbonyl (C=O) groups is 1. The van der Waals surface area contributed by atoms with Gasteiger partial charge in [0, 0.05) is 56.6 Å². The van der Waals surface area contributed by atoms with Gasteiger partial charge in [-0.25, -0.2) is 18.7 Å². The first-order chi connectivity index (χ1) is 15.4. The van der Waals surface area contributed by atoms with Crippen molar-refractivity contribution in [3.63, 3.8) is 0 Å². The van der Waals surface area contributed by atoms with Crippen LogP contribution in [0.3, 0.4) is 0 Å². The molecule has 0 atom stereocenters. The van der Waals surface area contributed by atoms with Crippen LogP contribution in [-0.4, -0.2) is 66.1 Å². The zero-order valence-corrected chi connectivity index (χ0v) is 18.5. The van der Waals surface area contributed by atoms with Crippen LogP contribution in [-0.2, 0) is 0 Å². The van der Waals surface area contributed by atoms with Crippen LogP contribution in [0.25, 0.3) is 0 Å². The number of likely N-dealkylation sites (N-methyl/N-ethyl adjacent to an activating group) is 1. The van der Waals surface area contributed by atoms with Crippen LogP contribution in [0.1, 0.15) is 41.7 Å². The van der Waals surface area contributed by atoms with Crippen molar-refractivity contribution in [3.8, 4) is 5.75 Å². The van der Waals surface area contributed by atoms with Crippen LogP contribution in [0.5, 0.6) is 5.75 Å². The summed E-state index contributed by atoms with van der Waals surface area (Å²) in [5, 5.41) is 3.07. The standard InChI is InChI=1S/C23H29F2N5O2/c1-15-21(14-26-23(27-15)30-9-7-29(2)8-10-30)22(31)28-18-3-5-19(6-4-18)32-20-12-16(24)11-17(25)13-20/h11-14,18-19H,3-10H2,1-2H3,(H,28,31). The zero-order chi connectivity index (χ0) is 22.7. The van der Waals surface area contributed by atoms with Crippen molar-refractivity contribution in [3.05, 3.63) is 47.3 Å². The minimum atomic E-state index is -0.655. The molecule has 2 aliphatic rings. The number of benzene rings is 1. The van der Waals surface area contributed by atoms with Crippen molar-refractivity contribution in [1.82, 2.24) is 20.2 Å². The van der Waals surface area contributed by atoms with Gasteiger partial charge in [-0.3, -0.25) is 4.79 Å². The van der Waals surface area contributed by atoms with Gasteiger partial charge in [0.05, 0.1) is 17.4 Å². The summed E-state index contributed by atoms with van der Waals surface area (Å²) < 4.78 is 32.4. The molecule has 0 bridgehead atoms. The number of halogens is 2. The van der Waals surface area contributed by atoms with E-state index >= 15 is 0 Å². The third-order valence-corrected chi connectivity index (χ3v) is 6.15. The Balaban J connectivity index is 1.29. The first-order valence-electron chi connectivity index (χ1n) is 11.1. The molecule has 2 heterocycles. The average Bonchev–Trinajstić information content (AvgIpc) is 2.75. The second-order valence-corrected chi connectivity index (χ2v) is 8.63. The fourth-order valence-electron chi connectivity index (χ4n) is 4.21. The zero-order valence-electron chi connectivity index (χ0n) is 18.5. The number of anilines is 1. The van der Waals surface area contributed by atoms with Crippen LogP contribution in [0, 0.1) is 18.6 Å². The minimum absolute atomic E-state index is 0.0169. The highest BCUT2D eigenvalue weighted by atomic mass is 19.1. The Morgan fingerprint density at radius 3 is 2.34 bits per heavy atom. The Bertz CT molecular complexity index is 937. The van der Waals surface area contributed by atoms with E-state index in [1.165, 1.54) is 12.1 Å². The molecule has 0 unspecified atom stereocenters. The van der Waals surface area contributed by atoms with Crippen LogP contribution >= 0.6 is 0 Å². The number of amides is 1. The maximum absolute atomic E-state index is 13.3. The number of aryl methyl sites for hydroxylation is 1. The molecule has 9 heteroatoms. The van der Waals surface area contributed by atoms with E-state index in [0.717, 1.165) is 45.1 Å². The molecule has 2 fully saturated rings. The third kappa shape index (κ3) is 5.51. The number of ether oxygens (including phenoxy) is 1. The lowest BCUT2D eigenvalue weighted by Gasteiger charge is -2.32. The number of hydrogen-bond donors (Lipinski definition) is 1. The summed E-state index contributed by atoms with van der Waals surface area (Å²) in [6.07, 6.45) is 4.33. The van der Waals surface area contributed by atoms with E-state index in [4.69, 9.17) is 4.74 Å². The summed E-state index contributed by atoms with van der Waals surface area (Å²) in [5.74, 6) is -0.625. The van der Waals surface area contributed by atoms with E-state index in [-0.39, 0.29) is 23.8 Å². The van der Waals surface area contributed by atoms with Gasteiger partial charge in [-0.1, -0.05) is 0 Å². The Labute approximate surface area is 186 Å². The molecular formula is C23H29F2N5O2. The molecule has 0 spiro atoms. The Morgan fingerprint density at radius 1 is 1.06 bits per heavy atom. The van der Waals surface area contributed by atoms with Gasteiger partial charge in [0.1, 0.15) is 17.4 Å². The molecule has 1 saturated heterocycles. The molecule has 1 aliphatic carbocycles. The number of aromatic nitrogens is 2. The molecule has 1 N–H and O–H groups in total. The third-order valence-electron chi connectivity index (χ3n) is 6.15. The van der Waals surface area contributed by atoms with E-state index in [0.29, 0.717) is 30.0 Å². The van der Waals surface area contributed by atoms with Gasteiger partial charge in [-0.15, -0.1) is 0 Å². The Kier molecular flexibility index (Phi) is 6.83. The maximum atomic E-state index is 13.3. The molecule has 1 aromatic heterocycles. The monoisotopic (exact) mass is 445 g/mol. The van der Waals surface area contributed by atoms with Crippen LogP contribution in [0.15, 0.2) is 24.4 Å². The van der Waals surface area contributed by atoms with E-state index in [1.54, 1.807) is 6.20 Å². The summed E-state index contributed by atoms with van der Waals surface area (Å²) in [7, 11) is 2.10. The topological polar surface area (TPSA) is 70.6 Å². The van der Waals surface area contributed by atoms with Gasteiger partial charge < -0.3 is 19.9 Å². The van der Waals surface area contributed by atoms with Gasteiger partial charge in [0.15, 0.2) is 0 Å². The molecule has 172 valence electrons. The van der Waals surface area contributed by atoms with Crippen molar-refractivity contribution in [2.75, 3.05) is 38.1 Å².